The number of hydrazine groups is 1. The third-order valence-corrected chi connectivity index (χ3v) is 2.16. The van der Waals surface area contributed by atoms with Gasteiger partial charge in [0.2, 0.25) is 0 Å². The molecule has 64 valence electrons. The van der Waals surface area contributed by atoms with E-state index >= 15 is 0 Å². The van der Waals surface area contributed by atoms with Crippen LogP contribution >= 0.6 is 0 Å². The third kappa shape index (κ3) is 1.52. The second kappa shape index (κ2) is 3.48. The van der Waals surface area contributed by atoms with E-state index < -0.39 is 0 Å². The molecule has 0 aliphatic carbocycles. The van der Waals surface area contributed by atoms with Crippen molar-refractivity contribution >= 4 is 0 Å². The summed E-state index contributed by atoms with van der Waals surface area (Å²) in [6.07, 6.45) is 15.4. The first-order chi connectivity index (χ1) is 5.97. The first-order valence-corrected chi connectivity index (χ1v) is 4.50. The monoisotopic (exact) mass is 162 g/mol. The number of hydrogen-bond donors (Lipinski definition) is 0. The summed E-state index contributed by atoms with van der Waals surface area (Å²) >= 11 is 0. The van der Waals surface area contributed by atoms with Crippen LogP contribution in [0.3, 0.4) is 0 Å². The summed E-state index contributed by atoms with van der Waals surface area (Å²) in [6, 6.07) is 0. The Labute approximate surface area is 73.4 Å². The van der Waals surface area contributed by atoms with Gasteiger partial charge >= 0.3 is 0 Å². The van der Waals surface area contributed by atoms with E-state index in [1.807, 2.05) is 0 Å². The highest BCUT2D eigenvalue weighted by molar-refractivity contribution is 5.08. The Hall–Kier alpha value is -1.18. The Morgan fingerprint density at radius 3 is 2.58 bits per heavy atom. The fourth-order valence-corrected chi connectivity index (χ4v) is 1.50. The standard InChI is InChI=1S/C10H14N2/c1-3-7-11(8-4-1)12-9-5-2-6-10-12/h1,3-5,7,9H,2,6,8,10H2. The molecular weight excluding hydrogens is 148 g/mol. The zero-order valence-electron chi connectivity index (χ0n) is 7.19. The van der Waals surface area contributed by atoms with Crippen molar-refractivity contribution in [3.05, 3.63) is 36.7 Å². The Balaban J connectivity index is 1.99. The van der Waals surface area contributed by atoms with Crippen molar-refractivity contribution in [2.75, 3.05) is 13.1 Å². The van der Waals surface area contributed by atoms with E-state index in [1.54, 1.807) is 0 Å². The molecule has 0 spiro atoms. The van der Waals surface area contributed by atoms with Crippen LogP contribution in [0.25, 0.3) is 0 Å². The van der Waals surface area contributed by atoms with Crippen molar-refractivity contribution in [3.8, 4) is 0 Å². The second-order valence-electron chi connectivity index (χ2n) is 3.08. The molecule has 2 nitrogen and oxygen atoms in total. The summed E-state index contributed by atoms with van der Waals surface area (Å²) < 4.78 is 0. The van der Waals surface area contributed by atoms with E-state index in [2.05, 4.69) is 46.7 Å². The Morgan fingerprint density at radius 1 is 0.917 bits per heavy atom. The van der Waals surface area contributed by atoms with Gasteiger partial charge in [0.1, 0.15) is 0 Å². The van der Waals surface area contributed by atoms with Gasteiger partial charge in [0, 0.05) is 18.9 Å². The molecule has 2 aliphatic heterocycles. The number of rotatable bonds is 1. The molecule has 2 rings (SSSR count). The summed E-state index contributed by atoms with van der Waals surface area (Å²) in [7, 11) is 0. The molecule has 0 radical (unpaired) electrons. The van der Waals surface area contributed by atoms with Crippen molar-refractivity contribution in [3.63, 3.8) is 0 Å². The van der Waals surface area contributed by atoms with Crippen LogP contribution in [0.2, 0.25) is 0 Å². The van der Waals surface area contributed by atoms with Gasteiger partial charge in [0.15, 0.2) is 0 Å². The van der Waals surface area contributed by atoms with Crippen LogP contribution in [0, 0.1) is 0 Å². The summed E-state index contributed by atoms with van der Waals surface area (Å²) in [5.74, 6) is 0. The van der Waals surface area contributed by atoms with E-state index in [1.165, 1.54) is 12.8 Å². The van der Waals surface area contributed by atoms with Gasteiger partial charge in [-0.05, 0) is 18.9 Å². The Bertz CT molecular complexity index is 228. The quantitative estimate of drug-likeness (QED) is 0.581. The molecule has 0 saturated carbocycles. The Morgan fingerprint density at radius 2 is 1.92 bits per heavy atom. The van der Waals surface area contributed by atoms with Crippen LogP contribution in [0.4, 0.5) is 0 Å². The molecular formula is C10H14N2. The molecule has 0 bridgehead atoms. The zero-order chi connectivity index (χ0) is 8.23. The molecule has 0 amide bonds. The topological polar surface area (TPSA) is 6.48 Å². The normalized spacial score (nSPS) is 22.0. The average Bonchev–Trinajstić information content (AvgIpc) is 2.21. The smallest absolute Gasteiger partial charge is 0.0573 e. The third-order valence-electron chi connectivity index (χ3n) is 2.16. The van der Waals surface area contributed by atoms with E-state index in [0.717, 1.165) is 13.1 Å². The average molecular weight is 162 g/mol. The first-order valence-electron chi connectivity index (χ1n) is 4.50. The minimum atomic E-state index is 1.00. The fraction of sp³-hybridized carbons (Fsp3) is 0.400. The van der Waals surface area contributed by atoms with Crippen LogP contribution in [0.5, 0.6) is 0 Å². The van der Waals surface area contributed by atoms with Crippen molar-refractivity contribution in [2.24, 2.45) is 0 Å². The highest BCUT2D eigenvalue weighted by atomic mass is 15.6. The van der Waals surface area contributed by atoms with Crippen molar-refractivity contribution in [1.29, 1.82) is 0 Å². The van der Waals surface area contributed by atoms with Gasteiger partial charge in [-0.3, -0.25) is 10.0 Å². The largest absolute Gasteiger partial charge is 0.293 e. The van der Waals surface area contributed by atoms with Gasteiger partial charge in [0.25, 0.3) is 0 Å². The molecule has 2 heterocycles. The predicted molar refractivity (Wildman–Crippen MR) is 50.1 cm³/mol. The van der Waals surface area contributed by atoms with Crippen LogP contribution in [0.15, 0.2) is 36.7 Å². The van der Waals surface area contributed by atoms with Crippen LogP contribution in [0.1, 0.15) is 12.8 Å². The predicted octanol–water partition coefficient (Wildman–Crippen LogP) is 1.90. The molecule has 0 aromatic carbocycles. The molecule has 2 heteroatoms. The second-order valence-corrected chi connectivity index (χ2v) is 3.08. The van der Waals surface area contributed by atoms with Gasteiger partial charge in [-0.25, -0.2) is 0 Å². The SMILES string of the molecule is C1=CCN(N2C=CCCC2)C=C1. The summed E-state index contributed by atoms with van der Waals surface area (Å²) in [6.45, 7) is 2.15. The van der Waals surface area contributed by atoms with Gasteiger partial charge in [-0.15, -0.1) is 0 Å². The lowest BCUT2D eigenvalue weighted by Gasteiger charge is -2.35. The first kappa shape index (κ1) is 7.47. The number of nitrogens with zero attached hydrogens (tertiary/aromatic N) is 2. The van der Waals surface area contributed by atoms with Crippen molar-refractivity contribution in [1.82, 2.24) is 10.0 Å². The molecule has 12 heavy (non-hydrogen) atoms. The van der Waals surface area contributed by atoms with Crippen LogP contribution in [-0.4, -0.2) is 23.1 Å². The lowest BCUT2D eigenvalue weighted by Crippen LogP contribution is -2.37. The molecule has 0 aromatic rings. The summed E-state index contributed by atoms with van der Waals surface area (Å²) in [4.78, 5) is 0. The molecule has 0 unspecified atom stereocenters. The van der Waals surface area contributed by atoms with E-state index in [9.17, 15) is 0 Å². The fourth-order valence-electron chi connectivity index (χ4n) is 1.50. The number of hydrogen-bond acceptors (Lipinski definition) is 2. The lowest BCUT2D eigenvalue weighted by atomic mass is 10.2. The van der Waals surface area contributed by atoms with Gasteiger partial charge < -0.3 is 0 Å². The molecule has 0 N–H and O–H groups in total. The van der Waals surface area contributed by atoms with Crippen molar-refractivity contribution in [2.45, 2.75) is 12.8 Å². The Kier molecular flexibility index (Phi) is 2.16. The molecule has 0 saturated heterocycles. The molecule has 0 atom stereocenters. The molecule has 0 fully saturated rings. The highest BCUT2D eigenvalue weighted by Gasteiger charge is 2.09. The summed E-state index contributed by atoms with van der Waals surface area (Å²) in [5.41, 5.74) is 0. The van der Waals surface area contributed by atoms with E-state index in [0.29, 0.717) is 0 Å². The maximum atomic E-state index is 2.27. The van der Waals surface area contributed by atoms with Gasteiger partial charge in [-0.1, -0.05) is 18.2 Å². The van der Waals surface area contributed by atoms with Crippen LogP contribution < -0.4 is 0 Å². The maximum Gasteiger partial charge on any atom is 0.0573 e. The van der Waals surface area contributed by atoms with Crippen LogP contribution in [-0.2, 0) is 0 Å². The zero-order valence-corrected chi connectivity index (χ0v) is 7.19. The van der Waals surface area contributed by atoms with E-state index in [4.69, 9.17) is 0 Å². The van der Waals surface area contributed by atoms with Gasteiger partial charge in [-0.2, -0.15) is 0 Å². The summed E-state index contributed by atoms with van der Waals surface area (Å²) in [5, 5.41) is 4.50. The minimum Gasteiger partial charge on any atom is -0.293 e. The highest BCUT2D eigenvalue weighted by Crippen LogP contribution is 2.11. The van der Waals surface area contributed by atoms with E-state index in [-0.39, 0.29) is 0 Å². The minimum absolute atomic E-state index is 1.00. The van der Waals surface area contributed by atoms with Gasteiger partial charge in [0.05, 0.1) is 6.54 Å². The molecule has 2 aliphatic rings. The molecule has 0 aromatic heterocycles. The van der Waals surface area contributed by atoms with Crippen molar-refractivity contribution < 1.29 is 0 Å². The maximum absolute atomic E-state index is 2.27. The lowest BCUT2D eigenvalue weighted by molar-refractivity contribution is 0.0819. The number of allylic oxidation sites excluding steroid dienone is 3.